The number of carbonyl (C=O) groups is 2. The summed E-state index contributed by atoms with van der Waals surface area (Å²) < 4.78 is 28.6. The Hall–Kier alpha value is -3.68. The van der Waals surface area contributed by atoms with Gasteiger partial charge in [0.05, 0.1) is 37.0 Å². The van der Waals surface area contributed by atoms with E-state index in [1.165, 1.54) is 18.2 Å². The third kappa shape index (κ3) is 6.69. The number of hydroxylamine groups is 1. The van der Waals surface area contributed by atoms with Crippen LogP contribution in [0, 0.1) is 10.8 Å². The molecule has 11 nitrogen and oxygen atoms in total. The number of fused-ring (bicyclic) bond motifs is 1. The monoisotopic (exact) mass is 660 g/mol. The van der Waals surface area contributed by atoms with Crippen molar-refractivity contribution in [2.45, 2.75) is 32.6 Å². The number of aromatic amines is 1. The van der Waals surface area contributed by atoms with Crippen LogP contribution in [0.2, 0.25) is 10.0 Å². The first-order chi connectivity index (χ1) is 20.5. The van der Waals surface area contributed by atoms with Crippen LogP contribution in [0.4, 0.5) is 11.4 Å². The Bertz CT molecular complexity index is 1850. The first-order valence-corrected chi connectivity index (χ1v) is 15.7. The SMILES string of the molecule is CN(C)c1ccc2nc(-c3cc(NC(=O)c4ccc(S(=O)(=O)NCC(C)(C)C(C)(C)C(=O)NO)cc4Cl)ccc3Cl)[nH]c2c1. The third-order valence-electron chi connectivity index (χ3n) is 8.02. The number of nitrogens with zero attached hydrogens (tertiary/aromatic N) is 2. The summed E-state index contributed by atoms with van der Waals surface area (Å²) in [6, 6.07) is 14.6. The van der Waals surface area contributed by atoms with Crippen molar-refractivity contribution in [1.82, 2.24) is 20.2 Å². The van der Waals surface area contributed by atoms with E-state index in [0.29, 0.717) is 22.1 Å². The molecule has 0 radical (unpaired) electrons. The second-order valence-electron chi connectivity index (χ2n) is 11.7. The van der Waals surface area contributed by atoms with Crippen LogP contribution in [0.3, 0.4) is 0 Å². The van der Waals surface area contributed by atoms with E-state index in [1.807, 2.05) is 37.2 Å². The summed E-state index contributed by atoms with van der Waals surface area (Å²) in [7, 11) is -0.163. The van der Waals surface area contributed by atoms with Gasteiger partial charge < -0.3 is 15.2 Å². The van der Waals surface area contributed by atoms with E-state index in [1.54, 1.807) is 51.4 Å². The molecule has 0 fully saturated rings. The number of sulfonamides is 1. The molecule has 0 bridgehead atoms. The molecule has 14 heteroatoms. The van der Waals surface area contributed by atoms with Crippen molar-refractivity contribution < 1.29 is 23.2 Å². The summed E-state index contributed by atoms with van der Waals surface area (Å²) in [6.45, 7) is 6.47. The number of halogens is 2. The highest BCUT2D eigenvalue weighted by Crippen LogP contribution is 2.38. The molecule has 0 saturated carbocycles. The summed E-state index contributed by atoms with van der Waals surface area (Å²) in [6.07, 6.45) is 0. The van der Waals surface area contributed by atoms with E-state index >= 15 is 0 Å². The van der Waals surface area contributed by atoms with Gasteiger partial charge in [-0.05, 0) is 60.0 Å². The van der Waals surface area contributed by atoms with E-state index in [4.69, 9.17) is 28.4 Å². The highest BCUT2D eigenvalue weighted by Gasteiger charge is 2.43. The van der Waals surface area contributed by atoms with Crippen LogP contribution in [0.1, 0.15) is 38.1 Å². The molecule has 234 valence electrons. The highest BCUT2D eigenvalue weighted by molar-refractivity contribution is 7.89. The van der Waals surface area contributed by atoms with Crippen LogP contribution in [0.5, 0.6) is 0 Å². The summed E-state index contributed by atoms with van der Waals surface area (Å²) >= 11 is 12.9. The largest absolute Gasteiger partial charge is 0.378 e. The van der Waals surface area contributed by atoms with Gasteiger partial charge in [0.15, 0.2) is 0 Å². The fourth-order valence-corrected chi connectivity index (χ4v) is 6.04. The number of imidazole rings is 1. The van der Waals surface area contributed by atoms with Crippen LogP contribution < -0.4 is 20.4 Å². The number of anilines is 2. The summed E-state index contributed by atoms with van der Waals surface area (Å²) in [5.74, 6) is -0.678. The molecule has 0 spiro atoms. The van der Waals surface area contributed by atoms with Gasteiger partial charge in [-0.25, -0.2) is 23.6 Å². The standard InChI is InChI=1S/C30H34Cl2N6O5S/c1-29(2,30(3,4)28(40)37-41)16-33-44(42,43)19-9-10-20(23(32)15-19)27(39)34-17-7-11-22(31)21(13-17)26-35-24-12-8-18(38(5)6)14-25(24)36-26/h7-15,33,41H,16H2,1-6H3,(H,34,39)(H,35,36)(H,37,40). The van der Waals surface area contributed by atoms with Gasteiger partial charge in [-0.2, -0.15) is 0 Å². The average molecular weight is 662 g/mol. The molecule has 44 heavy (non-hydrogen) atoms. The number of hydrogen-bond acceptors (Lipinski definition) is 7. The average Bonchev–Trinajstić information content (AvgIpc) is 3.39. The van der Waals surface area contributed by atoms with Crippen LogP contribution in [0.15, 0.2) is 59.5 Å². The lowest BCUT2D eigenvalue weighted by Crippen LogP contribution is -2.50. The first-order valence-electron chi connectivity index (χ1n) is 13.5. The van der Waals surface area contributed by atoms with E-state index in [2.05, 4.69) is 20.0 Å². The smallest absolute Gasteiger partial charge is 0.257 e. The Kier molecular flexibility index (Phi) is 9.34. The number of rotatable bonds is 10. The lowest BCUT2D eigenvalue weighted by atomic mass is 9.67. The van der Waals surface area contributed by atoms with E-state index in [9.17, 15) is 18.0 Å². The van der Waals surface area contributed by atoms with Gasteiger partial charge >= 0.3 is 0 Å². The molecular formula is C30H34Cl2N6O5S. The number of carbonyl (C=O) groups excluding carboxylic acids is 2. The Morgan fingerprint density at radius 3 is 2.32 bits per heavy atom. The highest BCUT2D eigenvalue weighted by atomic mass is 35.5. The third-order valence-corrected chi connectivity index (χ3v) is 10.1. The van der Waals surface area contributed by atoms with Crippen molar-refractivity contribution in [3.63, 3.8) is 0 Å². The number of amides is 2. The second-order valence-corrected chi connectivity index (χ2v) is 14.3. The number of benzene rings is 3. The van der Waals surface area contributed by atoms with Gasteiger partial charge in [0, 0.05) is 37.6 Å². The lowest BCUT2D eigenvalue weighted by Gasteiger charge is -2.39. The van der Waals surface area contributed by atoms with Crippen molar-refractivity contribution >= 4 is 67.4 Å². The maximum atomic E-state index is 13.2. The maximum Gasteiger partial charge on any atom is 0.257 e. The first kappa shape index (κ1) is 33.2. The minimum absolute atomic E-state index is 0.0585. The van der Waals surface area contributed by atoms with Crippen LogP contribution in [-0.2, 0) is 14.8 Å². The topological polar surface area (TPSA) is 157 Å². The number of H-pyrrole nitrogens is 1. The van der Waals surface area contributed by atoms with Gasteiger partial charge in [-0.15, -0.1) is 0 Å². The molecule has 0 aliphatic heterocycles. The Morgan fingerprint density at radius 2 is 1.68 bits per heavy atom. The van der Waals surface area contributed by atoms with E-state index < -0.39 is 32.7 Å². The minimum Gasteiger partial charge on any atom is -0.378 e. The summed E-state index contributed by atoms with van der Waals surface area (Å²) in [4.78, 5) is 35.0. The molecule has 4 rings (SSSR count). The number of aromatic nitrogens is 2. The molecule has 0 unspecified atom stereocenters. The zero-order chi connectivity index (χ0) is 32.6. The zero-order valence-corrected chi connectivity index (χ0v) is 27.4. The molecule has 0 atom stereocenters. The minimum atomic E-state index is -4.06. The second kappa shape index (κ2) is 12.4. The van der Waals surface area contributed by atoms with Gasteiger partial charge in [-0.3, -0.25) is 14.8 Å². The molecule has 3 aromatic carbocycles. The van der Waals surface area contributed by atoms with Crippen molar-refractivity contribution in [2.24, 2.45) is 10.8 Å². The molecule has 2 amide bonds. The molecule has 1 aromatic heterocycles. The molecule has 4 aromatic rings. The lowest BCUT2D eigenvalue weighted by molar-refractivity contribution is -0.144. The quantitative estimate of drug-likeness (QED) is 0.108. The molecule has 0 saturated heterocycles. The fraction of sp³-hybridized carbons (Fsp3) is 0.300. The molecular weight excluding hydrogens is 627 g/mol. The van der Waals surface area contributed by atoms with Crippen molar-refractivity contribution in [1.29, 1.82) is 0 Å². The van der Waals surface area contributed by atoms with Gasteiger partial charge in [0.1, 0.15) is 5.82 Å². The summed E-state index contributed by atoms with van der Waals surface area (Å²) in [5.41, 5.74) is 3.29. The fourth-order valence-electron chi connectivity index (χ4n) is 4.26. The van der Waals surface area contributed by atoms with Crippen LogP contribution in [0.25, 0.3) is 22.4 Å². The predicted molar refractivity (Wildman–Crippen MR) is 173 cm³/mol. The van der Waals surface area contributed by atoms with Crippen molar-refractivity contribution in [2.75, 3.05) is 30.9 Å². The van der Waals surface area contributed by atoms with Crippen molar-refractivity contribution in [3.05, 3.63) is 70.2 Å². The summed E-state index contributed by atoms with van der Waals surface area (Å²) in [5, 5.41) is 12.2. The molecule has 5 N–H and O–H groups in total. The molecule has 0 aliphatic carbocycles. The normalized spacial score (nSPS) is 12.3. The molecule has 0 aliphatic rings. The van der Waals surface area contributed by atoms with Crippen LogP contribution in [-0.4, -0.2) is 56.0 Å². The van der Waals surface area contributed by atoms with Gasteiger partial charge in [0.2, 0.25) is 15.9 Å². The zero-order valence-electron chi connectivity index (χ0n) is 25.0. The van der Waals surface area contributed by atoms with E-state index in [0.717, 1.165) is 16.7 Å². The van der Waals surface area contributed by atoms with Crippen molar-refractivity contribution in [3.8, 4) is 11.4 Å². The van der Waals surface area contributed by atoms with Gasteiger partial charge in [-0.1, -0.05) is 50.9 Å². The maximum absolute atomic E-state index is 13.2. The predicted octanol–water partition coefficient (Wildman–Crippen LogP) is 5.69. The Balaban J connectivity index is 1.52. The van der Waals surface area contributed by atoms with Gasteiger partial charge in [0.25, 0.3) is 5.91 Å². The number of nitrogens with one attached hydrogen (secondary N) is 4. The van der Waals surface area contributed by atoms with Crippen LogP contribution >= 0.6 is 23.2 Å². The van der Waals surface area contributed by atoms with E-state index in [-0.39, 0.29) is 22.0 Å². The molecule has 1 heterocycles. The Morgan fingerprint density at radius 1 is 0.977 bits per heavy atom. The Labute approximate surface area is 266 Å². The number of hydrogen-bond donors (Lipinski definition) is 5.